The van der Waals surface area contributed by atoms with Crippen molar-refractivity contribution in [1.82, 2.24) is 9.47 Å². The topological polar surface area (TPSA) is 45.6 Å². The predicted molar refractivity (Wildman–Crippen MR) is 173 cm³/mol. The molecule has 6 heteroatoms. The normalized spacial score (nSPS) is 13.8. The van der Waals surface area contributed by atoms with Crippen molar-refractivity contribution in [3.63, 3.8) is 0 Å². The van der Waals surface area contributed by atoms with Gasteiger partial charge >= 0.3 is 0 Å². The van der Waals surface area contributed by atoms with Gasteiger partial charge < -0.3 is 9.47 Å². The van der Waals surface area contributed by atoms with Crippen LogP contribution >= 0.6 is 11.6 Å². The molecule has 1 atom stereocenters. The van der Waals surface area contributed by atoms with Crippen molar-refractivity contribution >= 4 is 29.1 Å². The van der Waals surface area contributed by atoms with Crippen LogP contribution in [0.3, 0.4) is 0 Å². The molecule has 216 valence electrons. The van der Waals surface area contributed by atoms with E-state index in [4.69, 9.17) is 11.6 Å². The maximum absolute atomic E-state index is 14.6. The van der Waals surface area contributed by atoms with Gasteiger partial charge in [0, 0.05) is 17.8 Å². The van der Waals surface area contributed by atoms with E-state index in [1.165, 1.54) is 0 Å². The van der Waals surface area contributed by atoms with Gasteiger partial charge in [0.1, 0.15) is 12.6 Å². The highest BCUT2D eigenvalue weighted by molar-refractivity contribution is 6.30. The Balaban J connectivity index is 1.41. The Morgan fingerprint density at radius 3 is 2.09 bits per heavy atom. The molecule has 5 aromatic rings. The zero-order chi connectivity index (χ0) is 29.8. The fourth-order valence-corrected chi connectivity index (χ4v) is 6.26. The molecule has 1 aromatic heterocycles. The zero-order valence-electron chi connectivity index (χ0n) is 24.1. The van der Waals surface area contributed by atoms with E-state index in [1.807, 2.05) is 132 Å². The molecule has 0 bridgehead atoms. The van der Waals surface area contributed by atoms with Crippen molar-refractivity contribution in [2.24, 2.45) is 0 Å². The molecule has 4 aromatic carbocycles. The molecule has 0 saturated heterocycles. The quantitative estimate of drug-likeness (QED) is 0.175. The van der Waals surface area contributed by atoms with Gasteiger partial charge in [0.25, 0.3) is 0 Å². The molecule has 0 radical (unpaired) electrons. The molecule has 0 saturated carbocycles. The lowest BCUT2D eigenvalue weighted by Crippen LogP contribution is -2.48. The summed E-state index contributed by atoms with van der Waals surface area (Å²) in [6.07, 6.45) is 3.73. The summed E-state index contributed by atoms with van der Waals surface area (Å²) in [6, 6.07) is 38.9. The number of halogens is 1. The van der Waals surface area contributed by atoms with Crippen LogP contribution in [0, 0.1) is 0 Å². The highest BCUT2D eigenvalue weighted by Gasteiger charge is 2.38. The molecule has 5 nitrogen and oxygen atoms in total. The number of fused-ring (bicyclic) bond motifs is 3. The van der Waals surface area contributed by atoms with Crippen molar-refractivity contribution in [3.05, 3.63) is 155 Å². The van der Waals surface area contributed by atoms with Gasteiger partial charge in [0.15, 0.2) is 0 Å². The third kappa shape index (κ3) is 5.73. The van der Waals surface area contributed by atoms with Gasteiger partial charge in [0.05, 0.1) is 23.0 Å². The summed E-state index contributed by atoms with van der Waals surface area (Å²) in [5, 5.41) is 0.607. The number of unbranched alkanes of at least 4 members (excludes halogenated alkanes) is 1. The van der Waals surface area contributed by atoms with Crippen molar-refractivity contribution in [1.29, 1.82) is 0 Å². The van der Waals surface area contributed by atoms with Crippen LogP contribution in [0.4, 0.5) is 5.69 Å². The average Bonchev–Trinajstić information content (AvgIpc) is 3.53. The number of anilines is 1. The van der Waals surface area contributed by atoms with Crippen LogP contribution in [0.25, 0.3) is 5.69 Å². The number of para-hydroxylation sites is 2. The van der Waals surface area contributed by atoms with Crippen LogP contribution in [-0.4, -0.2) is 34.4 Å². The number of benzene rings is 4. The average molecular weight is 588 g/mol. The van der Waals surface area contributed by atoms with E-state index in [0.717, 1.165) is 46.6 Å². The molecule has 0 spiro atoms. The van der Waals surface area contributed by atoms with Gasteiger partial charge in [-0.05, 0) is 59.5 Å². The number of aromatic nitrogens is 1. The monoisotopic (exact) mass is 587 g/mol. The second kappa shape index (κ2) is 12.7. The summed E-state index contributed by atoms with van der Waals surface area (Å²) >= 11 is 6.46. The second-order valence-electron chi connectivity index (χ2n) is 10.9. The Morgan fingerprint density at radius 2 is 1.44 bits per heavy atom. The SMILES string of the molecule is CCCCN(CC(=O)N1c2ccccc2-n2cccc2C1c1cccc(Cl)c1)C(=O)C(c1ccccc1)c1ccccc1. The Morgan fingerprint density at radius 1 is 0.791 bits per heavy atom. The van der Waals surface area contributed by atoms with Gasteiger partial charge in [-0.2, -0.15) is 0 Å². The standard InChI is InChI=1S/C37H34ClN3O2/c1-2-3-23-39(37(43)35(27-14-6-4-7-15-27)28-16-8-5-9-17-28)26-34(42)41-32-21-11-10-20-31(32)40-24-13-22-33(40)36(41)29-18-12-19-30(38)25-29/h4-22,24-25,35-36H,2-3,23,26H2,1H3. The lowest BCUT2D eigenvalue weighted by molar-refractivity contribution is -0.136. The van der Waals surface area contributed by atoms with E-state index in [9.17, 15) is 9.59 Å². The first-order valence-corrected chi connectivity index (χ1v) is 15.2. The molecule has 6 rings (SSSR count). The second-order valence-corrected chi connectivity index (χ2v) is 11.3. The molecule has 1 aliphatic heterocycles. The Labute approximate surface area is 258 Å². The largest absolute Gasteiger partial charge is 0.333 e. The van der Waals surface area contributed by atoms with Gasteiger partial charge in [-0.3, -0.25) is 14.5 Å². The van der Waals surface area contributed by atoms with Gasteiger partial charge in [-0.1, -0.05) is 110 Å². The van der Waals surface area contributed by atoms with E-state index >= 15 is 0 Å². The first-order chi connectivity index (χ1) is 21.1. The zero-order valence-corrected chi connectivity index (χ0v) is 24.9. The fourth-order valence-electron chi connectivity index (χ4n) is 6.06. The molecule has 43 heavy (non-hydrogen) atoms. The third-order valence-corrected chi connectivity index (χ3v) is 8.32. The number of rotatable bonds is 9. The molecule has 0 N–H and O–H groups in total. The molecule has 2 heterocycles. The molecular weight excluding hydrogens is 554 g/mol. The highest BCUT2D eigenvalue weighted by atomic mass is 35.5. The lowest BCUT2D eigenvalue weighted by atomic mass is 9.90. The van der Waals surface area contributed by atoms with Gasteiger partial charge in [0.2, 0.25) is 11.8 Å². The maximum atomic E-state index is 14.6. The van der Waals surface area contributed by atoms with E-state index in [-0.39, 0.29) is 18.4 Å². The minimum Gasteiger partial charge on any atom is -0.333 e. The number of hydrogen-bond donors (Lipinski definition) is 0. The molecule has 2 amide bonds. The first kappa shape index (κ1) is 28.5. The van der Waals surface area contributed by atoms with E-state index in [0.29, 0.717) is 11.6 Å². The van der Waals surface area contributed by atoms with E-state index in [1.54, 1.807) is 4.90 Å². The predicted octanol–water partition coefficient (Wildman–Crippen LogP) is 8.03. The summed E-state index contributed by atoms with van der Waals surface area (Å²) in [6.45, 7) is 2.55. The Kier molecular flexibility index (Phi) is 8.43. The smallest absolute Gasteiger partial charge is 0.247 e. The Hall–Kier alpha value is -4.61. The van der Waals surface area contributed by atoms with Crippen molar-refractivity contribution in [2.45, 2.75) is 31.7 Å². The summed E-state index contributed by atoms with van der Waals surface area (Å²) in [4.78, 5) is 32.7. The van der Waals surface area contributed by atoms with Crippen LogP contribution in [0.1, 0.15) is 54.1 Å². The van der Waals surface area contributed by atoms with Gasteiger partial charge in [-0.15, -0.1) is 0 Å². The van der Waals surface area contributed by atoms with Crippen molar-refractivity contribution < 1.29 is 9.59 Å². The first-order valence-electron chi connectivity index (χ1n) is 14.8. The van der Waals surface area contributed by atoms with Crippen LogP contribution in [0.15, 0.2) is 128 Å². The van der Waals surface area contributed by atoms with Crippen molar-refractivity contribution in [3.8, 4) is 5.69 Å². The minimum absolute atomic E-state index is 0.0406. The molecule has 1 unspecified atom stereocenters. The number of amides is 2. The molecule has 0 fully saturated rings. The van der Waals surface area contributed by atoms with Crippen molar-refractivity contribution in [2.75, 3.05) is 18.0 Å². The van der Waals surface area contributed by atoms with Gasteiger partial charge in [-0.25, -0.2) is 0 Å². The fraction of sp³-hybridized carbons (Fsp3) is 0.189. The molecular formula is C37H34ClN3O2. The number of carbonyl (C=O) groups is 2. The Bertz CT molecular complexity index is 1680. The minimum atomic E-state index is -0.512. The third-order valence-electron chi connectivity index (χ3n) is 8.08. The molecule has 0 aliphatic carbocycles. The summed E-state index contributed by atoms with van der Waals surface area (Å²) < 4.78 is 2.13. The van der Waals surface area contributed by atoms with Crippen LogP contribution < -0.4 is 4.90 Å². The van der Waals surface area contributed by atoms with Crippen LogP contribution in [0.5, 0.6) is 0 Å². The lowest BCUT2D eigenvalue weighted by Gasteiger charge is -2.40. The number of nitrogens with zero attached hydrogens (tertiary/aromatic N) is 3. The number of hydrogen-bond acceptors (Lipinski definition) is 2. The summed E-state index contributed by atoms with van der Waals surface area (Å²) in [5.41, 5.74) is 5.41. The number of carbonyl (C=O) groups excluding carboxylic acids is 2. The van der Waals surface area contributed by atoms with E-state index < -0.39 is 12.0 Å². The van der Waals surface area contributed by atoms with Crippen LogP contribution in [-0.2, 0) is 9.59 Å². The van der Waals surface area contributed by atoms with Crippen LogP contribution in [0.2, 0.25) is 5.02 Å². The highest BCUT2D eigenvalue weighted by Crippen LogP contribution is 2.43. The maximum Gasteiger partial charge on any atom is 0.247 e. The van der Waals surface area contributed by atoms with E-state index in [2.05, 4.69) is 11.5 Å². The summed E-state index contributed by atoms with van der Waals surface area (Å²) in [5.74, 6) is -0.733. The molecule has 1 aliphatic rings. The summed E-state index contributed by atoms with van der Waals surface area (Å²) in [7, 11) is 0.